The summed E-state index contributed by atoms with van der Waals surface area (Å²) >= 11 is 11.1. The molecule has 0 amide bonds. The van der Waals surface area contributed by atoms with Crippen molar-refractivity contribution >= 4 is 40.2 Å². The molecule has 1 fully saturated rings. The fourth-order valence-electron chi connectivity index (χ4n) is 3.43. The molecule has 2 aliphatic heterocycles. The van der Waals surface area contributed by atoms with E-state index in [0.29, 0.717) is 10.1 Å². The van der Waals surface area contributed by atoms with Gasteiger partial charge in [0.05, 0.1) is 16.9 Å². The standard InChI is InChI=1S/C18H17N3OS2/c1-18-14(16(23)19-11-7-3-2-4-8-11)15(20-17(24)21-18)12-9-5-6-10-13(12)22-18/h2-10,14-15H,1H3,(H,19,23)(H2,20,21,24)/t14?,15?,18-/m0/s1. The molecule has 4 nitrogen and oxygen atoms in total. The number of ether oxygens (including phenoxy) is 1. The highest BCUT2D eigenvalue weighted by molar-refractivity contribution is 7.80. The minimum absolute atomic E-state index is 0.0302. The molecular weight excluding hydrogens is 338 g/mol. The average Bonchev–Trinajstić information content (AvgIpc) is 2.54. The molecule has 1 saturated heterocycles. The first-order valence-electron chi connectivity index (χ1n) is 7.79. The average molecular weight is 355 g/mol. The van der Waals surface area contributed by atoms with Gasteiger partial charge in [-0.1, -0.05) is 48.6 Å². The van der Waals surface area contributed by atoms with Crippen LogP contribution in [0.25, 0.3) is 0 Å². The van der Waals surface area contributed by atoms with Crippen LogP contribution in [0.15, 0.2) is 54.6 Å². The predicted molar refractivity (Wildman–Crippen MR) is 103 cm³/mol. The molecule has 2 aromatic rings. The van der Waals surface area contributed by atoms with Crippen LogP contribution in [0.2, 0.25) is 0 Å². The van der Waals surface area contributed by atoms with E-state index in [-0.39, 0.29) is 12.0 Å². The van der Waals surface area contributed by atoms with Crippen LogP contribution >= 0.6 is 24.4 Å². The van der Waals surface area contributed by atoms with Crippen molar-refractivity contribution in [2.24, 2.45) is 5.92 Å². The van der Waals surface area contributed by atoms with Crippen molar-refractivity contribution in [2.45, 2.75) is 18.7 Å². The van der Waals surface area contributed by atoms with Crippen molar-refractivity contribution in [3.63, 3.8) is 0 Å². The number of rotatable bonds is 2. The lowest BCUT2D eigenvalue weighted by Crippen LogP contribution is -2.70. The van der Waals surface area contributed by atoms with Crippen LogP contribution in [0.5, 0.6) is 5.75 Å². The fourth-order valence-corrected chi connectivity index (χ4v) is 4.24. The molecule has 2 heterocycles. The maximum absolute atomic E-state index is 6.27. The van der Waals surface area contributed by atoms with Crippen LogP contribution in [0, 0.1) is 5.92 Å². The van der Waals surface area contributed by atoms with E-state index >= 15 is 0 Å². The molecule has 0 radical (unpaired) electrons. The SMILES string of the molecule is C[C@]12NC(=S)NC(c3ccccc3O1)C2C(=S)Nc1ccccc1. The van der Waals surface area contributed by atoms with E-state index in [9.17, 15) is 0 Å². The third kappa shape index (κ3) is 2.52. The number of benzene rings is 2. The number of nitrogens with one attached hydrogen (secondary N) is 3. The van der Waals surface area contributed by atoms with Crippen molar-refractivity contribution < 1.29 is 4.74 Å². The van der Waals surface area contributed by atoms with Gasteiger partial charge in [0.1, 0.15) is 5.75 Å². The lowest BCUT2D eigenvalue weighted by Gasteiger charge is -2.51. The minimum Gasteiger partial charge on any atom is -0.467 e. The predicted octanol–water partition coefficient (Wildman–Crippen LogP) is 3.37. The van der Waals surface area contributed by atoms with E-state index in [1.54, 1.807) is 0 Å². The van der Waals surface area contributed by atoms with Gasteiger partial charge in [0.25, 0.3) is 0 Å². The van der Waals surface area contributed by atoms with Crippen molar-refractivity contribution in [3.8, 4) is 5.75 Å². The third-order valence-corrected chi connectivity index (χ3v) is 5.05. The Balaban J connectivity index is 1.72. The highest BCUT2D eigenvalue weighted by atomic mass is 32.1. The minimum atomic E-state index is -0.694. The van der Waals surface area contributed by atoms with Crippen LogP contribution in [0.3, 0.4) is 0 Å². The summed E-state index contributed by atoms with van der Waals surface area (Å²) in [5, 5.41) is 10.5. The molecule has 0 spiro atoms. The van der Waals surface area contributed by atoms with Crippen LogP contribution in [-0.2, 0) is 0 Å². The van der Waals surface area contributed by atoms with Gasteiger partial charge >= 0.3 is 0 Å². The second-order valence-corrected chi connectivity index (χ2v) is 7.00. The Morgan fingerprint density at radius 2 is 1.83 bits per heavy atom. The van der Waals surface area contributed by atoms with E-state index < -0.39 is 5.72 Å². The number of hydrogen-bond donors (Lipinski definition) is 3. The molecule has 2 unspecified atom stereocenters. The first kappa shape index (κ1) is 15.4. The summed E-state index contributed by atoms with van der Waals surface area (Å²) in [6, 6.07) is 17.9. The van der Waals surface area contributed by atoms with Gasteiger partial charge in [0.2, 0.25) is 0 Å². The highest BCUT2D eigenvalue weighted by Crippen LogP contribution is 2.45. The molecule has 6 heteroatoms. The molecule has 0 aromatic heterocycles. The molecule has 3 atom stereocenters. The molecule has 2 bridgehead atoms. The van der Waals surface area contributed by atoms with E-state index in [0.717, 1.165) is 17.0 Å². The van der Waals surface area contributed by atoms with E-state index in [1.807, 2.05) is 55.5 Å². The van der Waals surface area contributed by atoms with Crippen LogP contribution in [0.4, 0.5) is 5.69 Å². The van der Waals surface area contributed by atoms with E-state index in [4.69, 9.17) is 29.2 Å². The first-order valence-corrected chi connectivity index (χ1v) is 8.61. The van der Waals surface area contributed by atoms with Gasteiger partial charge in [0, 0.05) is 11.3 Å². The van der Waals surface area contributed by atoms with Crippen molar-refractivity contribution in [1.82, 2.24) is 10.6 Å². The molecule has 122 valence electrons. The summed E-state index contributed by atoms with van der Waals surface area (Å²) < 4.78 is 6.27. The van der Waals surface area contributed by atoms with Crippen LogP contribution in [-0.4, -0.2) is 15.8 Å². The van der Waals surface area contributed by atoms with Crippen LogP contribution in [0.1, 0.15) is 18.5 Å². The Hall–Kier alpha value is -2.18. The maximum Gasteiger partial charge on any atom is 0.191 e. The number of anilines is 1. The van der Waals surface area contributed by atoms with Crippen LogP contribution < -0.4 is 20.7 Å². The molecule has 0 saturated carbocycles. The summed E-state index contributed by atoms with van der Waals surface area (Å²) in [6.45, 7) is 1.99. The lowest BCUT2D eigenvalue weighted by molar-refractivity contribution is -0.00402. The molecule has 2 aliphatic rings. The summed E-state index contributed by atoms with van der Waals surface area (Å²) in [5.41, 5.74) is 1.34. The Bertz CT molecular complexity index is 811. The normalized spacial score (nSPS) is 27.1. The van der Waals surface area contributed by atoms with E-state index in [2.05, 4.69) is 22.0 Å². The van der Waals surface area contributed by atoms with E-state index in [1.165, 1.54) is 0 Å². The zero-order valence-corrected chi connectivity index (χ0v) is 14.7. The summed E-state index contributed by atoms with van der Waals surface area (Å²) in [7, 11) is 0. The molecule has 24 heavy (non-hydrogen) atoms. The summed E-state index contributed by atoms with van der Waals surface area (Å²) in [6.07, 6.45) is 0. The topological polar surface area (TPSA) is 45.3 Å². The number of fused-ring (bicyclic) bond motifs is 4. The monoisotopic (exact) mass is 355 g/mol. The number of hydrogen-bond acceptors (Lipinski definition) is 3. The smallest absolute Gasteiger partial charge is 0.191 e. The highest BCUT2D eigenvalue weighted by Gasteiger charge is 2.53. The Kier molecular flexibility index (Phi) is 3.66. The third-order valence-electron chi connectivity index (χ3n) is 4.47. The first-order chi connectivity index (χ1) is 11.6. The van der Waals surface area contributed by atoms with Crippen molar-refractivity contribution in [3.05, 3.63) is 60.2 Å². The molecule has 2 aromatic carbocycles. The van der Waals surface area contributed by atoms with Gasteiger partial charge in [0.15, 0.2) is 10.8 Å². The Labute approximate surface area is 151 Å². The van der Waals surface area contributed by atoms with Gasteiger partial charge in [-0.25, -0.2) is 0 Å². The summed E-state index contributed by atoms with van der Waals surface area (Å²) in [5.74, 6) is 0.751. The second kappa shape index (κ2) is 5.72. The largest absolute Gasteiger partial charge is 0.467 e. The van der Waals surface area contributed by atoms with Gasteiger partial charge < -0.3 is 20.7 Å². The van der Waals surface area contributed by atoms with Crippen molar-refractivity contribution in [2.75, 3.05) is 5.32 Å². The van der Waals surface area contributed by atoms with Gasteiger partial charge in [-0.2, -0.15) is 0 Å². The van der Waals surface area contributed by atoms with Gasteiger partial charge in [-0.05, 0) is 37.3 Å². The molecule has 0 aliphatic carbocycles. The Morgan fingerprint density at radius 1 is 1.12 bits per heavy atom. The number of thiocarbonyl (C=S) groups is 2. The zero-order chi connectivity index (χ0) is 16.7. The zero-order valence-electron chi connectivity index (χ0n) is 13.1. The summed E-state index contributed by atoms with van der Waals surface area (Å²) in [4.78, 5) is 0.714. The molecular formula is C18H17N3OS2. The maximum atomic E-state index is 6.27. The molecule has 3 N–H and O–H groups in total. The van der Waals surface area contributed by atoms with Gasteiger partial charge in [-0.3, -0.25) is 0 Å². The van der Waals surface area contributed by atoms with Crippen molar-refractivity contribution in [1.29, 1.82) is 0 Å². The molecule has 4 rings (SSSR count). The lowest BCUT2D eigenvalue weighted by atomic mass is 9.80. The quantitative estimate of drug-likeness (QED) is 0.718. The number of para-hydroxylation sites is 2. The van der Waals surface area contributed by atoms with Gasteiger partial charge in [-0.15, -0.1) is 0 Å². The second-order valence-electron chi connectivity index (χ2n) is 6.16. The fraction of sp³-hybridized carbons (Fsp3) is 0.222. The Morgan fingerprint density at radius 3 is 2.62 bits per heavy atom.